The molecule has 0 bridgehead atoms. The number of carbonyl (C=O) groups is 1. The lowest BCUT2D eigenvalue weighted by atomic mass is 9.94. The number of hydrogen-bond acceptors (Lipinski definition) is 3. The van der Waals surface area contributed by atoms with Crippen LogP contribution in [0.3, 0.4) is 0 Å². The molecule has 0 radical (unpaired) electrons. The van der Waals surface area contributed by atoms with E-state index >= 15 is 0 Å². The van der Waals surface area contributed by atoms with Gasteiger partial charge in [-0.15, -0.1) is 0 Å². The first-order chi connectivity index (χ1) is 8.69. The Kier molecular flexibility index (Phi) is 4.62. The molecule has 2 aliphatic rings. The largest absolute Gasteiger partial charge is 0.480 e. The van der Waals surface area contributed by atoms with Gasteiger partial charge in [0.05, 0.1) is 12.7 Å². The van der Waals surface area contributed by atoms with Crippen molar-refractivity contribution in [1.29, 1.82) is 0 Å². The summed E-state index contributed by atoms with van der Waals surface area (Å²) in [6.07, 6.45) is 7.88. The highest BCUT2D eigenvalue weighted by atomic mass is 16.5. The van der Waals surface area contributed by atoms with Crippen LogP contribution in [0.25, 0.3) is 0 Å². The van der Waals surface area contributed by atoms with Crippen molar-refractivity contribution < 1.29 is 14.6 Å². The van der Waals surface area contributed by atoms with E-state index < -0.39 is 11.5 Å². The summed E-state index contributed by atoms with van der Waals surface area (Å²) in [6, 6.07) is 0. The van der Waals surface area contributed by atoms with Crippen LogP contribution in [0, 0.1) is 5.92 Å². The maximum Gasteiger partial charge on any atom is 0.326 e. The van der Waals surface area contributed by atoms with Gasteiger partial charge < -0.3 is 9.84 Å². The molecular formula is C14H25NO3. The van der Waals surface area contributed by atoms with Crippen LogP contribution in [0.1, 0.15) is 51.9 Å². The standard InChI is InChI=1S/C14H25NO3/c1-2-9-15-14(13(16)17,11-7-8-11)10-18-12-5-3-4-6-12/h11-12,15H,2-10H2,1H3,(H,16,17). The van der Waals surface area contributed by atoms with E-state index in [0.717, 1.165) is 38.6 Å². The Hall–Kier alpha value is -0.610. The van der Waals surface area contributed by atoms with Crippen LogP contribution in [-0.2, 0) is 9.53 Å². The van der Waals surface area contributed by atoms with Crippen molar-refractivity contribution in [3.8, 4) is 0 Å². The summed E-state index contributed by atoms with van der Waals surface area (Å²) >= 11 is 0. The van der Waals surface area contributed by atoms with E-state index in [0.29, 0.717) is 6.61 Å². The maximum atomic E-state index is 11.7. The Labute approximate surface area is 109 Å². The fraction of sp³-hybridized carbons (Fsp3) is 0.929. The predicted octanol–water partition coefficient (Wildman–Crippen LogP) is 2.18. The number of carboxylic acids is 1. The van der Waals surface area contributed by atoms with E-state index in [1.807, 2.05) is 0 Å². The summed E-state index contributed by atoms with van der Waals surface area (Å²) in [5.41, 5.74) is -0.835. The molecule has 2 saturated carbocycles. The SMILES string of the molecule is CCCNC(COC1CCCC1)(C(=O)O)C1CC1. The molecule has 0 amide bonds. The molecular weight excluding hydrogens is 230 g/mol. The normalized spacial score (nSPS) is 24.1. The Morgan fingerprint density at radius 2 is 2.00 bits per heavy atom. The van der Waals surface area contributed by atoms with Gasteiger partial charge in [0.25, 0.3) is 0 Å². The van der Waals surface area contributed by atoms with Gasteiger partial charge >= 0.3 is 5.97 Å². The molecule has 2 fully saturated rings. The molecule has 1 unspecified atom stereocenters. The van der Waals surface area contributed by atoms with E-state index in [-0.39, 0.29) is 12.0 Å². The van der Waals surface area contributed by atoms with Gasteiger partial charge in [-0.1, -0.05) is 19.8 Å². The lowest BCUT2D eigenvalue weighted by molar-refractivity contribution is -0.150. The molecule has 0 spiro atoms. The molecule has 1 atom stereocenters. The van der Waals surface area contributed by atoms with E-state index in [4.69, 9.17) is 4.74 Å². The zero-order chi connectivity index (χ0) is 13.0. The highest BCUT2D eigenvalue weighted by Gasteiger charge is 2.51. The van der Waals surface area contributed by atoms with E-state index in [2.05, 4.69) is 12.2 Å². The van der Waals surface area contributed by atoms with Gasteiger partial charge in [-0.05, 0) is 44.6 Å². The van der Waals surface area contributed by atoms with Crippen LogP contribution in [0.2, 0.25) is 0 Å². The zero-order valence-electron chi connectivity index (χ0n) is 11.3. The lowest BCUT2D eigenvalue weighted by Gasteiger charge is -2.31. The molecule has 104 valence electrons. The number of aliphatic carboxylic acids is 1. The predicted molar refractivity (Wildman–Crippen MR) is 69.6 cm³/mol. The highest BCUT2D eigenvalue weighted by Crippen LogP contribution is 2.40. The molecule has 0 aliphatic heterocycles. The van der Waals surface area contributed by atoms with Crippen molar-refractivity contribution in [2.24, 2.45) is 5.92 Å². The summed E-state index contributed by atoms with van der Waals surface area (Å²) < 4.78 is 5.88. The highest BCUT2D eigenvalue weighted by molar-refractivity contribution is 5.80. The second-order valence-corrected chi connectivity index (χ2v) is 5.70. The Morgan fingerprint density at radius 3 is 2.50 bits per heavy atom. The lowest BCUT2D eigenvalue weighted by Crippen LogP contribution is -2.58. The first-order valence-corrected chi connectivity index (χ1v) is 7.29. The number of hydrogen-bond donors (Lipinski definition) is 2. The molecule has 18 heavy (non-hydrogen) atoms. The second-order valence-electron chi connectivity index (χ2n) is 5.70. The Bertz CT molecular complexity index is 285. The fourth-order valence-electron chi connectivity index (χ4n) is 2.85. The van der Waals surface area contributed by atoms with Crippen LogP contribution in [-0.4, -0.2) is 35.9 Å². The molecule has 0 heterocycles. The molecule has 0 aromatic heterocycles. The minimum Gasteiger partial charge on any atom is -0.480 e. The van der Waals surface area contributed by atoms with Crippen molar-refractivity contribution >= 4 is 5.97 Å². The quantitative estimate of drug-likeness (QED) is 0.698. The zero-order valence-corrected chi connectivity index (χ0v) is 11.3. The average molecular weight is 255 g/mol. The topological polar surface area (TPSA) is 58.6 Å². The van der Waals surface area contributed by atoms with Crippen LogP contribution < -0.4 is 5.32 Å². The Balaban J connectivity index is 1.95. The van der Waals surface area contributed by atoms with E-state index in [1.165, 1.54) is 12.8 Å². The molecule has 0 aromatic rings. The van der Waals surface area contributed by atoms with Crippen LogP contribution in [0.5, 0.6) is 0 Å². The van der Waals surface area contributed by atoms with Crippen LogP contribution >= 0.6 is 0 Å². The van der Waals surface area contributed by atoms with Crippen LogP contribution in [0.4, 0.5) is 0 Å². The minimum absolute atomic E-state index is 0.253. The third-order valence-electron chi connectivity index (χ3n) is 4.20. The molecule has 2 rings (SSSR count). The van der Waals surface area contributed by atoms with Crippen molar-refractivity contribution in [3.63, 3.8) is 0 Å². The molecule has 2 N–H and O–H groups in total. The summed E-state index contributed by atoms with van der Waals surface area (Å²) in [6.45, 7) is 3.14. The van der Waals surface area contributed by atoms with Crippen molar-refractivity contribution in [2.75, 3.05) is 13.2 Å². The summed E-state index contributed by atoms with van der Waals surface area (Å²) in [7, 11) is 0. The van der Waals surface area contributed by atoms with Crippen molar-refractivity contribution in [2.45, 2.75) is 63.5 Å². The molecule has 0 aromatic carbocycles. The number of ether oxygens (including phenoxy) is 1. The second kappa shape index (κ2) is 6.02. The smallest absolute Gasteiger partial charge is 0.326 e. The van der Waals surface area contributed by atoms with Crippen molar-refractivity contribution in [1.82, 2.24) is 5.32 Å². The first kappa shape index (κ1) is 13.8. The Morgan fingerprint density at radius 1 is 1.33 bits per heavy atom. The third kappa shape index (κ3) is 3.04. The third-order valence-corrected chi connectivity index (χ3v) is 4.20. The van der Waals surface area contributed by atoms with E-state index in [9.17, 15) is 9.90 Å². The van der Waals surface area contributed by atoms with E-state index in [1.54, 1.807) is 0 Å². The van der Waals surface area contributed by atoms with Gasteiger partial charge in [0.2, 0.25) is 0 Å². The molecule has 4 nitrogen and oxygen atoms in total. The fourth-order valence-corrected chi connectivity index (χ4v) is 2.85. The van der Waals surface area contributed by atoms with Gasteiger partial charge in [-0.2, -0.15) is 0 Å². The monoisotopic (exact) mass is 255 g/mol. The maximum absolute atomic E-state index is 11.7. The number of carboxylic acid groups (broad SMARTS) is 1. The summed E-state index contributed by atoms with van der Waals surface area (Å²) in [5, 5.41) is 12.8. The number of rotatable bonds is 8. The minimum atomic E-state index is -0.835. The first-order valence-electron chi connectivity index (χ1n) is 7.29. The molecule has 0 saturated heterocycles. The van der Waals surface area contributed by atoms with Gasteiger partial charge in [0.1, 0.15) is 5.54 Å². The van der Waals surface area contributed by atoms with Crippen molar-refractivity contribution in [3.05, 3.63) is 0 Å². The summed E-state index contributed by atoms with van der Waals surface area (Å²) in [4.78, 5) is 11.7. The number of nitrogens with one attached hydrogen (secondary N) is 1. The molecule has 4 heteroatoms. The average Bonchev–Trinajstić information content (AvgIpc) is 3.07. The summed E-state index contributed by atoms with van der Waals surface area (Å²) in [5.74, 6) is -0.487. The van der Waals surface area contributed by atoms with Gasteiger partial charge in [0, 0.05) is 0 Å². The molecule has 2 aliphatic carbocycles. The van der Waals surface area contributed by atoms with Gasteiger partial charge in [-0.25, -0.2) is 0 Å². The van der Waals surface area contributed by atoms with Gasteiger partial charge in [0.15, 0.2) is 0 Å². The van der Waals surface area contributed by atoms with Gasteiger partial charge in [-0.3, -0.25) is 10.1 Å². The van der Waals surface area contributed by atoms with Crippen LogP contribution in [0.15, 0.2) is 0 Å².